The number of sulfonamides is 1. The van der Waals surface area contributed by atoms with Crippen molar-refractivity contribution in [2.24, 2.45) is 0 Å². The summed E-state index contributed by atoms with van der Waals surface area (Å²) in [6.45, 7) is -1.11. The van der Waals surface area contributed by atoms with Crippen molar-refractivity contribution in [3.8, 4) is 11.1 Å². The van der Waals surface area contributed by atoms with Crippen molar-refractivity contribution in [3.63, 3.8) is 0 Å². The number of halogens is 5. The zero-order chi connectivity index (χ0) is 27.4. The molecule has 38 heavy (non-hydrogen) atoms. The SMILES string of the molecule is Nc1cc2c(cn1)cc(-c1c(F)ccc(NS(=O)(=O)c3cc4scnc4cc3F)c1F)c(=O)n2CC(F)F. The maximum atomic E-state index is 15.6. The average molecular weight is 568 g/mol. The molecule has 5 aromatic rings. The van der Waals surface area contributed by atoms with Gasteiger partial charge < -0.3 is 10.3 Å². The van der Waals surface area contributed by atoms with E-state index in [4.69, 9.17) is 5.73 Å². The summed E-state index contributed by atoms with van der Waals surface area (Å²) in [6, 6.07) is 5.53. The van der Waals surface area contributed by atoms with Crippen molar-refractivity contribution in [2.45, 2.75) is 17.9 Å². The van der Waals surface area contributed by atoms with Crippen molar-refractivity contribution in [1.29, 1.82) is 0 Å². The normalized spacial score (nSPS) is 12.1. The topological polar surface area (TPSA) is 120 Å². The lowest BCUT2D eigenvalue weighted by Crippen LogP contribution is -2.26. The molecule has 3 heterocycles. The summed E-state index contributed by atoms with van der Waals surface area (Å²) in [5.74, 6) is -4.03. The van der Waals surface area contributed by atoms with Gasteiger partial charge in [-0.2, -0.15) is 0 Å². The summed E-state index contributed by atoms with van der Waals surface area (Å²) in [5.41, 5.74) is 3.53. The zero-order valence-corrected chi connectivity index (χ0v) is 20.4. The van der Waals surface area contributed by atoms with Crippen LogP contribution in [0.1, 0.15) is 0 Å². The van der Waals surface area contributed by atoms with Gasteiger partial charge in [-0.15, -0.1) is 11.3 Å². The van der Waals surface area contributed by atoms with E-state index in [1.54, 1.807) is 0 Å². The van der Waals surface area contributed by atoms with Crippen LogP contribution in [0.25, 0.3) is 32.2 Å². The number of hydrogen-bond acceptors (Lipinski definition) is 7. The third kappa shape index (κ3) is 4.43. The molecule has 0 spiro atoms. The second-order valence-electron chi connectivity index (χ2n) is 8.02. The molecule has 0 radical (unpaired) electrons. The minimum absolute atomic E-state index is 0.0434. The molecule has 0 saturated heterocycles. The smallest absolute Gasteiger partial charge is 0.264 e. The Morgan fingerprint density at radius 1 is 1.05 bits per heavy atom. The molecule has 15 heteroatoms. The number of aromatic nitrogens is 3. The highest BCUT2D eigenvalue weighted by Crippen LogP contribution is 2.33. The molecule has 3 N–H and O–H groups in total. The lowest BCUT2D eigenvalue weighted by molar-refractivity contribution is 0.127. The lowest BCUT2D eigenvalue weighted by atomic mass is 10.0. The Kier molecular flexibility index (Phi) is 6.27. The highest BCUT2D eigenvalue weighted by Gasteiger charge is 2.26. The van der Waals surface area contributed by atoms with Crippen LogP contribution < -0.4 is 16.0 Å². The van der Waals surface area contributed by atoms with Gasteiger partial charge in [0.15, 0.2) is 5.82 Å². The molecule has 3 aromatic heterocycles. The number of benzene rings is 2. The van der Waals surface area contributed by atoms with Crippen LogP contribution in [0, 0.1) is 17.5 Å². The van der Waals surface area contributed by atoms with Crippen molar-refractivity contribution < 1.29 is 30.4 Å². The number of fused-ring (bicyclic) bond motifs is 2. The highest BCUT2D eigenvalue weighted by atomic mass is 32.2. The van der Waals surface area contributed by atoms with Gasteiger partial charge in [-0.05, 0) is 24.3 Å². The second-order valence-corrected chi connectivity index (χ2v) is 10.6. The molecular formula is C23H14F5N5O3S2. The summed E-state index contributed by atoms with van der Waals surface area (Å²) >= 11 is 1.05. The number of thiazole rings is 1. The van der Waals surface area contributed by atoms with Crippen LogP contribution in [0.3, 0.4) is 0 Å². The number of rotatable bonds is 6. The molecule has 0 bridgehead atoms. The maximum Gasteiger partial charge on any atom is 0.264 e. The lowest BCUT2D eigenvalue weighted by Gasteiger charge is -2.16. The highest BCUT2D eigenvalue weighted by molar-refractivity contribution is 7.92. The van der Waals surface area contributed by atoms with Gasteiger partial charge in [-0.3, -0.25) is 9.52 Å². The molecule has 5 rings (SSSR count). The maximum absolute atomic E-state index is 15.6. The van der Waals surface area contributed by atoms with Crippen LogP contribution in [0.5, 0.6) is 0 Å². The molecule has 2 aromatic carbocycles. The molecule has 0 atom stereocenters. The fourth-order valence-corrected chi connectivity index (χ4v) is 5.85. The van der Waals surface area contributed by atoms with Crippen LogP contribution in [0.2, 0.25) is 0 Å². The largest absolute Gasteiger partial charge is 0.384 e. The molecule has 0 aliphatic rings. The molecule has 0 aliphatic carbocycles. The van der Waals surface area contributed by atoms with Gasteiger partial charge in [0.1, 0.15) is 22.3 Å². The molecule has 0 fully saturated rings. The molecule has 0 saturated carbocycles. The van der Waals surface area contributed by atoms with Gasteiger partial charge in [-0.1, -0.05) is 0 Å². The predicted molar refractivity (Wildman–Crippen MR) is 132 cm³/mol. The van der Waals surface area contributed by atoms with Gasteiger partial charge in [0.25, 0.3) is 22.0 Å². The van der Waals surface area contributed by atoms with E-state index in [9.17, 15) is 30.8 Å². The quantitative estimate of drug-likeness (QED) is 0.286. The number of nitrogens with two attached hydrogens (primary N) is 1. The molecular weight excluding hydrogens is 553 g/mol. The number of nitrogens with one attached hydrogen (secondary N) is 1. The van der Waals surface area contributed by atoms with E-state index < -0.39 is 67.7 Å². The van der Waals surface area contributed by atoms with Crippen LogP contribution in [-0.4, -0.2) is 29.4 Å². The van der Waals surface area contributed by atoms with E-state index in [1.807, 2.05) is 4.72 Å². The van der Waals surface area contributed by atoms with Gasteiger partial charge in [0, 0.05) is 23.7 Å². The first-order valence-electron chi connectivity index (χ1n) is 10.6. The number of anilines is 2. The van der Waals surface area contributed by atoms with Crippen molar-refractivity contribution in [2.75, 3.05) is 10.5 Å². The number of pyridine rings is 2. The van der Waals surface area contributed by atoms with E-state index in [0.717, 1.165) is 47.9 Å². The van der Waals surface area contributed by atoms with Crippen LogP contribution in [0.4, 0.5) is 33.5 Å². The first-order valence-corrected chi connectivity index (χ1v) is 12.9. The summed E-state index contributed by atoms with van der Waals surface area (Å²) in [6.07, 6.45) is -1.87. The Balaban J connectivity index is 1.66. The standard InChI is InChI=1S/C23H14F5N5O3S2/c24-12-1-2-14(32-38(35,36)18-6-17-15(4-13(18)25)31-9-37-17)22(28)21(12)11-3-10-7-30-20(29)5-16(10)33(23(11)34)8-19(26)27/h1-7,9,19,32H,8H2,(H2,29,30). The first kappa shape index (κ1) is 25.5. The number of alkyl halides is 2. The minimum Gasteiger partial charge on any atom is -0.384 e. The van der Waals surface area contributed by atoms with E-state index in [1.165, 1.54) is 5.51 Å². The molecule has 8 nitrogen and oxygen atoms in total. The molecule has 196 valence electrons. The van der Waals surface area contributed by atoms with Crippen molar-refractivity contribution >= 4 is 54.0 Å². The zero-order valence-electron chi connectivity index (χ0n) is 18.8. The van der Waals surface area contributed by atoms with E-state index >= 15 is 4.39 Å². The van der Waals surface area contributed by atoms with Crippen LogP contribution >= 0.6 is 11.3 Å². The van der Waals surface area contributed by atoms with Crippen LogP contribution in [-0.2, 0) is 16.6 Å². The monoisotopic (exact) mass is 567 g/mol. The second kappa shape index (κ2) is 9.33. The Morgan fingerprint density at radius 2 is 1.82 bits per heavy atom. The summed E-state index contributed by atoms with van der Waals surface area (Å²) in [7, 11) is -4.74. The van der Waals surface area contributed by atoms with E-state index in [-0.39, 0.29) is 22.2 Å². The van der Waals surface area contributed by atoms with E-state index in [2.05, 4.69) is 9.97 Å². The average Bonchev–Trinajstić information content (AvgIpc) is 3.30. The summed E-state index contributed by atoms with van der Waals surface area (Å²) < 4.78 is 100. The first-order chi connectivity index (χ1) is 18.0. The third-order valence-corrected chi connectivity index (χ3v) is 7.77. The minimum atomic E-state index is -4.74. The van der Waals surface area contributed by atoms with Gasteiger partial charge in [-0.25, -0.2) is 40.3 Å². The number of nitrogen functional groups attached to an aromatic ring is 1. The van der Waals surface area contributed by atoms with Crippen LogP contribution in [0.15, 0.2) is 57.8 Å². The molecule has 0 amide bonds. The van der Waals surface area contributed by atoms with Gasteiger partial charge in [0.05, 0.1) is 44.6 Å². The summed E-state index contributed by atoms with van der Waals surface area (Å²) in [4.78, 5) is 20.0. The molecule has 0 unspecified atom stereocenters. The molecule has 0 aliphatic heterocycles. The van der Waals surface area contributed by atoms with E-state index in [0.29, 0.717) is 15.3 Å². The third-order valence-electron chi connectivity index (χ3n) is 5.60. The fraction of sp³-hybridized carbons (Fsp3) is 0.0870. The Hall–Kier alpha value is -4.11. The summed E-state index contributed by atoms with van der Waals surface area (Å²) in [5, 5.41) is 0.0687. The van der Waals surface area contributed by atoms with Crippen molar-refractivity contribution in [3.05, 3.63) is 75.9 Å². The Bertz CT molecular complexity index is 1910. The fourth-order valence-electron chi connectivity index (χ4n) is 3.93. The Labute approximate surface area is 214 Å². The number of nitrogens with zero attached hydrogens (tertiary/aromatic N) is 3. The van der Waals surface area contributed by atoms with Gasteiger partial charge >= 0.3 is 0 Å². The predicted octanol–water partition coefficient (Wildman–Crippen LogP) is 4.74. The number of hydrogen-bond donors (Lipinski definition) is 2. The van der Waals surface area contributed by atoms with Gasteiger partial charge in [0.2, 0.25) is 0 Å². The Morgan fingerprint density at radius 3 is 2.55 bits per heavy atom. The van der Waals surface area contributed by atoms with Crippen molar-refractivity contribution in [1.82, 2.24) is 14.5 Å².